The molecule has 0 fully saturated rings. The first-order chi connectivity index (χ1) is 10.5. The molecule has 0 bridgehead atoms. The Hall–Kier alpha value is -1.64. The van der Waals surface area contributed by atoms with Gasteiger partial charge >= 0.3 is 15.5 Å². The van der Waals surface area contributed by atoms with Gasteiger partial charge in [-0.1, -0.05) is 13.8 Å². The lowest BCUT2D eigenvalue weighted by Crippen LogP contribution is -2.33. The number of nitrogen functional groups attached to an aromatic ring is 1. The molecule has 0 atom stereocenters. The normalized spacial score (nSPS) is 15.7. The van der Waals surface area contributed by atoms with Crippen LogP contribution < -0.4 is 15.4 Å². The van der Waals surface area contributed by atoms with Crippen LogP contribution in [0, 0.1) is 5.92 Å². The number of benzene rings is 1. The molecule has 0 aromatic heterocycles. The SMILES string of the molecule is CC(C)CN1CCCc2cc(N)c(NS(=O)(=O)C(F)(F)F)cc21. The minimum Gasteiger partial charge on any atom is -0.397 e. The molecule has 5 nitrogen and oxygen atoms in total. The van der Waals surface area contributed by atoms with Crippen LogP contribution in [0.15, 0.2) is 12.1 Å². The molecule has 9 heteroatoms. The van der Waals surface area contributed by atoms with Crippen molar-refractivity contribution < 1.29 is 21.6 Å². The van der Waals surface area contributed by atoms with Gasteiger partial charge in [-0.25, -0.2) is 0 Å². The molecule has 0 saturated carbocycles. The van der Waals surface area contributed by atoms with Crippen LogP contribution in [-0.4, -0.2) is 27.0 Å². The zero-order valence-electron chi connectivity index (χ0n) is 12.9. The maximum absolute atomic E-state index is 12.5. The van der Waals surface area contributed by atoms with E-state index < -0.39 is 15.5 Å². The van der Waals surface area contributed by atoms with Crippen molar-refractivity contribution in [2.45, 2.75) is 32.2 Å². The molecule has 130 valence electrons. The number of nitrogens with one attached hydrogen (secondary N) is 1. The number of hydrogen-bond acceptors (Lipinski definition) is 4. The fourth-order valence-electron chi connectivity index (χ4n) is 2.65. The number of aryl methyl sites for hydroxylation is 1. The van der Waals surface area contributed by atoms with E-state index >= 15 is 0 Å². The predicted molar refractivity (Wildman–Crippen MR) is 84.8 cm³/mol. The van der Waals surface area contributed by atoms with Gasteiger partial charge in [0.25, 0.3) is 0 Å². The molecular formula is C14H20F3N3O2S. The minimum absolute atomic E-state index is 0.0111. The second-order valence-electron chi connectivity index (χ2n) is 6.06. The molecule has 1 aliphatic heterocycles. The Morgan fingerprint density at radius 2 is 2.00 bits per heavy atom. The molecule has 0 unspecified atom stereocenters. The third kappa shape index (κ3) is 3.82. The average Bonchev–Trinajstić information content (AvgIpc) is 2.38. The monoisotopic (exact) mass is 351 g/mol. The second kappa shape index (κ2) is 6.10. The first kappa shape index (κ1) is 17.7. The Kier molecular flexibility index (Phi) is 4.70. The number of anilines is 3. The minimum atomic E-state index is -5.49. The van der Waals surface area contributed by atoms with Crippen molar-refractivity contribution in [3.05, 3.63) is 17.7 Å². The number of nitrogens with zero attached hydrogens (tertiary/aromatic N) is 1. The molecule has 1 aliphatic rings. The molecule has 1 aromatic rings. The number of rotatable bonds is 4. The first-order valence-electron chi connectivity index (χ1n) is 7.27. The van der Waals surface area contributed by atoms with Crippen LogP contribution in [0.1, 0.15) is 25.8 Å². The summed E-state index contributed by atoms with van der Waals surface area (Å²) in [6.45, 7) is 5.60. The number of halogens is 3. The summed E-state index contributed by atoms with van der Waals surface area (Å²) in [6.07, 6.45) is 1.69. The van der Waals surface area contributed by atoms with E-state index in [4.69, 9.17) is 5.73 Å². The standard InChI is InChI=1S/C14H20F3N3O2S/c1-9(2)8-20-5-3-4-10-6-11(18)12(7-13(10)20)19-23(21,22)14(15,16)17/h6-7,9,19H,3-5,8,18H2,1-2H3. The molecule has 23 heavy (non-hydrogen) atoms. The molecule has 0 spiro atoms. The highest BCUT2D eigenvalue weighted by Gasteiger charge is 2.46. The molecule has 0 saturated heterocycles. The van der Waals surface area contributed by atoms with E-state index in [2.05, 4.69) is 0 Å². The van der Waals surface area contributed by atoms with E-state index in [-0.39, 0.29) is 11.4 Å². The Bertz CT molecular complexity index is 687. The third-order valence-electron chi connectivity index (χ3n) is 3.60. The molecule has 0 radical (unpaired) electrons. The number of nitrogens with two attached hydrogens (primary N) is 1. The van der Waals surface area contributed by atoms with E-state index in [9.17, 15) is 21.6 Å². The highest BCUT2D eigenvalue weighted by Crippen LogP contribution is 2.36. The van der Waals surface area contributed by atoms with Crippen LogP contribution >= 0.6 is 0 Å². The molecule has 0 aliphatic carbocycles. The smallest absolute Gasteiger partial charge is 0.397 e. The maximum Gasteiger partial charge on any atom is 0.516 e. The van der Waals surface area contributed by atoms with E-state index in [0.717, 1.165) is 37.2 Å². The fraction of sp³-hybridized carbons (Fsp3) is 0.571. The second-order valence-corrected chi connectivity index (χ2v) is 7.74. The lowest BCUT2D eigenvalue weighted by Gasteiger charge is -2.33. The van der Waals surface area contributed by atoms with E-state index in [0.29, 0.717) is 5.92 Å². The maximum atomic E-state index is 12.5. The summed E-state index contributed by atoms with van der Waals surface area (Å²) >= 11 is 0. The van der Waals surface area contributed by atoms with Crippen LogP contribution in [0.5, 0.6) is 0 Å². The summed E-state index contributed by atoms with van der Waals surface area (Å²) in [5, 5.41) is 0. The van der Waals surface area contributed by atoms with Gasteiger partial charge in [-0.05, 0) is 36.5 Å². The van der Waals surface area contributed by atoms with Gasteiger partial charge in [-0.3, -0.25) is 4.72 Å². The van der Waals surface area contributed by atoms with E-state index in [1.807, 2.05) is 18.7 Å². The van der Waals surface area contributed by atoms with Crippen molar-refractivity contribution in [2.24, 2.45) is 5.92 Å². The largest absolute Gasteiger partial charge is 0.516 e. The van der Waals surface area contributed by atoms with Crippen molar-refractivity contribution in [3.63, 3.8) is 0 Å². The fourth-order valence-corrected chi connectivity index (χ4v) is 3.23. The van der Waals surface area contributed by atoms with Crippen molar-refractivity contribution >= 4 is 27.1 Å². The van der Waals surface area contributed by atoms with Crippen LogP contribution in [0.2, 0.25) is 0 Å². The van der Waals surface area contributed by atoms with Crippen molar-refractivity contribution in [1.29, 1.82) is 0 Å². The predicted octanol–water partition coefficient (Wildman–Crippen LogP) is 2.94. The van der Waals surface area contributed by atoms with Gasteiger partial charge in [0.2, 0.25) is 0 Å². The van der Waals surface area contributed by atoms with Crippen molar-refractivity contribution in [1.82, 2.24) is 0 Å². The summed E-state index contributed by atoms with van der Waals surface area (Å²) in [7, 11) is -5.49. The van der Waals surface area contributed by atoms with Crippen LogP contribution in [0.25, 0.3) is 0 Å². The molecule has 1 heterocycles. The average molecular weight is 351 g/mol. The van der Waals surface area contributed by atoms with Gasteiger partial charge in [0.05, 0.1) is 11.4 Å². The summed E-state index contributed by atoms with van der Waals surface area (Å²) in [5.74, 6) is 0.369. The molecular weight excluding hydrogens is 331 g/mol. The third-order valence-corrected chi connectivity index (χ3v) is 4.70. The topological polar surface area (TPSA) is 75.4 Å². The number of fused-ring (bicyclic) bond motifs is 1. The molecule has 0 amide bonds. The van der Waals surface area contributed by atoms with Gasteiger partial charge in [0.15, 0.2) is 0 Å². The van der Waals surface area contributed by atoms with Gasteiger partial charge < -0.3 is 10.6 Å². The van der Waals surface area contributed by atoms with Gasteiger partial charge in [-0.15, -0.1) is 0 Å². The van der Waals surface area contributed by atoms with E-state index in [1.54, 1.807) is 10.8 Å². The number of alkyl halides is 3. The Balaban J connectivity index is 2.40. The Morgan fingerprint density at radius 3 is 2.57 bits per heavy atom. The van der Waals surface area contributed by atoms with Gasteiger partial charge in [0, 0.05) is 18.8 Å². The lowest BCUT2D eigenvalue weighted by atomic mass is 9.99. The molecule has 1 aromatic carbocycles. The summed E-state index contributed by atoms with van der Waals surface area (Å²) in [4.78, 5) is 2.05. The Labute approximate surface area is 133 Å². The summed E-state index contributed by atoms with van der Waals surface area (Å²) in [6, 6.07) is 2.95. The summed E-state index contributed by atoms with van der Waals surface area (Å²) < 4.78 is 61.7. The van der Waals surface area contributed by atoms with Crippen LogP contribution in [0.3, 0.4) is 0 Å². The van der Waals surface area contributed by atoms with Crippen molar-refractivity contribution in [3.8, 4) is 0 Å². The van der Waals surface area contributed by atoms with Crippen LogP contribution in [-0.2, 0) is 16.4 Å². The van der Waals surface area contributed by atoms with Crippen LogP contribution in [0.4, 0.5) is 30.2 Å². The van der Waals surface area contributed by atoms with Gasteiger partial charge in [-0.2, -0.15) is 21.6 Å². The highest BCUT2D eigenvalue weighted by molar-refractivity contribution is 7.93. The van der Waals surface area contributed by atoms with Gasteiger partial charge in [0.1, 0.15) is 0 Å². The Morgan fingerprint density at radius 1 is 1.35 bits per heavy atom. The molecule has 2 rings (SSSR count). The first-order valence-corrected chi connectivity index (χ1v) is 8.76. The number of hydrogen-bond donors (Lipinski definition) is 2. The van der Waals surface area contributed by atoms with Crippen molar-refractivity contribution in [2.75, 3.05) is 28.4 Å². The van der Waals surface area contributed by atoms with E-state index in [1.165, 1.54) is 6.07 Å². The molecule has 3 N–H and O–H groups in total. The summed E-state index contributed by atoms with van der Waals surface area (Å²) in [5.41, 5.74) is 1.75. The number of sulfonamides is 1. The zero-order valence-corrected chi connectivity index (χ0v) is 13.8. The lowest BCUT2D eigenvalue weighted by molar-refractivity contribution is -0.0429. The quantitative estimate of drug-likeness (QED) is 0.818. The highest BCUT2D eigenvalue weighted by atomic mass is 32.2. The zero-order chi connectivity index (χ0) is 17.4.